The number of methoxy groups -OCH3 is 2. The molecule has 2 aromatic carbocycles. The molecule has 5 aromatic rings. The predicted octanol–water partition coefficient (Wildman–Crippen LogP) is 6.38. The van der Waals surface area contributed by atoms with Crippen molar-refractivity contribution in [2.24, 2.45) is 0 Å². The van der Waals surface area contributed by atoms with Crippen LogP contribution in [0.3, 0.4) is 0 Å². The predicted molar refractivity (Wildman–Crippen MR) is 174 cm³/mol. The van der Waals surface area contributed by atoms with Crippen LogP contribution in [0.5, 0.6) is 11.5 Å². The van der Waals surface area contributed by atoms with Gasteiger partial charge in [0.25, 0.3) is 0 Å². The first-order chi connectivity index (χ1) is 21.4. The largest absolute Gasteiger partial charge is 0.497 e. The lowest BCUT2D eigenvalue weighted by Gasteiger charge is -2.26. The Kier molecular flexibility index (Phi) is 8.34. The highest BCUT2D eigenvalue weighted by Gasteiger charge is 2.36. The summed E-state index contributed by atoms with van der Waals surface area (Å²) in [5.74, 6) is 2.61. The summed E-state index contributed by atoms with van der Waals surface area (Å²) < 4.78 is 39.0. The molecule has 0 spiro atoms. The quantitative estimate of drug-likeness (QED) is 0.174. The number of pyridine rings is 3. The van der Waals surface area contributed by atoms with E-state index in [1.807, 2.05) is 66.9 Å². The molecule has 0 bridgehead atoms. The maximum Gasteiger partial charge on any atom is 0.236 e. The first-order valence-corrected chi connectivity index (χ1v) is 16.2. The van der Waals surface area contributed by atoms with Gasteiger partial charge in [0.05, 0.1) is 25.2 Å². The molecule has 9 nitrogen and oxygen atoms in total. The number of ether oxygens (including phenoxy) is 2. The monoisotopic (exact) mass is 609 g/mol. The zero-order valence-electron chi connectivity index (χ0n) is 25.0. The molecule has 1 saturated carbocycles. The number of rotatable bonds is 12. The number of aryl methyl sites for hydroxylation is 1. The normalized spacial score (nSPS) is 13.1. The van der Waals surface area contributed by atoms with Gasteiger partial charge < -0.3 is 14.4 Å². The van der Waals surface area contributed by atoms with Crippen LogP contribution in [0.1, 0.15) is 36.5 Å². The van der Waals surface area contributed by atoms with Crippen LogP contribution >= 0.6 is 0 Å². The number of hydrogen-bond donors (Lipinski definition) is 1. The summed E-state index contributed by atoms with van der Waals surface area (Å²) in [7, 11) is -0.162. The van der Waals surface area contributed by atoms with Gasteiger partial charge in [-0.2, -0.15) is 0 Å². The smallest absolute Gasteiger partial charge is 0.236 e. The van der Waals surface area contributed by atoms with Crippen molar-refractivity contribution in [3.63, 3.8) is 0 Å². The summed E-state index contributed by atoms with van der Waals surface area (Å²) in [5, 5.41) is 1.29. The van der Waals surface area contributed by atoms with Gasteiger partial charge in [-0.1, -0.05) is 31.2 Å². The fourth-order valence-corrected chi connectivity index (χ4v) is 6.57. The standard InChI is InChI=1S/C34H35N5O4S/c1-4-25-15-16-35-19-30(25)32-17-26-18-33(38-44(40,41)29-13-14-29)36-20-31(26)34(37-32)39(21-23-5-9-27(42-2)10-6-23)22-24-7-11-28(43-3)12-8-24/h5-12,15-20,29H,4,13-14,21-22H2,1-3H3,(H,36,38). The summed E-state index contributed by atoms with van der Waals surface area (Å²) in [5.41, 5.74) is 4.98. The number of anilines is 2. The van der Waals surface area contributed by atoms with Crippen molar-refractivity contribution in [2.45, 2.75) is 44.5 Å². The first kappa shape index (κ1) is 29.4. The molecule has 0 amide bonds. The molecule has 0 aliphatic heterocycles. The number of fused-ring (bicyclic) bond motifs is 1. The summed E-state index contributed by atoms with van der Waals surface area (Å²) >= 11 is 0. The minimum atomic E-state index is -3.47. The molecule has 10 heteroatoms. The van der Waals surface area contributed by atoms with E-state index < -0.39 is 10.0 Å². The first-order valence-electron chi connectivity index (χ1n) is 14.6. The third-order valence-electron chi connectivity index (χ3n) is 7.84. The van der Waals surface area contributed by atoms with E-state index in [4.69, 9.17) is 14.5 Å². The Labute approximate surface area is 258 Å². The highest BCUT2D eigenvalue weighted by molar-refractivity contribution is 7.93. The van der Waals surface area contributed by atoms with Crippen LogP contribution in [0.4, 0.5) is 11.6 Å². The number of sulfonamides is 1. The fourth-order valence-electron chi connectivity index (χ4n) is 5.24. The molecule has 0 radical (unpaired) electrons. The third kappa shape index (κ3) is 6.45. The van der Waals surface area contributed by atoms with Crippen LogP contribution < -0.4 is 19.1 Å². The maximum atomic E-state index is 12.7. The summed E-state index contributed by atoms with van der Waals surface area (Å²) in [6.07, 6.45) is 7.51. The van der Waals surface area contributed by atoms with Crippen molar-refractivity contribution >= 4 is 32.4 Å². The van der Waals surface area contributed by atoms with Crippen molar-refractivity contribution in [2.75, 3.05) is 23.8 Å². The van der Waals surface area contributed by atoms with Crippen molar-refractivity contribution in [1.82, 2.24) is 15.0 Å². The second-order valence-corrected chi connectivity index (χ2v) is 12.9. The zero-order chi connectivity index (χ0) is 30.7. The molecule has 226 valence electrons. The van der Waals surface area contributed by atoms with Crippen LogP contribution in [-0.2, 0) is 29.5 Å². The van der Waals surface area contributed by atoms with E-state index in [1.54, 1.807) is 32.7 Å². The average molecular weight is 610 g/mol. The van der Waals surface area contributed by atoms with Crippen LogP contribution in [0, 0.1) is 0 Å². The second-order valence-electron chi connectivity index (χ2n) is 10.9. The Morgan fingerprint density at radius 1 is 0.886 bits per heavy atom. The Balaban J connectivity index is 1.50. The highest BCUT2D eigenvalue weighted by Crippen LogP contribution is 2.35. The second kappa shape index (κ2) is 12.5. The minimum absolute atomic E-state index is 0.297. The van der Waals surface area contributed by atoms with Crippen LogP contribution in [0.25, 0.3) is 22.0 Å². The van der Waals surface area contributed by atoms with E-state index in [9.17, 15) is 8.42 Å². The molecule has 1 N–H and O–H groups in total. The van der Waals surface area contributed by atoms with Gasteiger partial charge in [0.15, 0.2) is 0 Å². The Morgan fingerprint density at radius 3 is 2.09 bits per heavy atom. The van der Waals surface area contributed by atoms with E-state index in [0.29, 0.717) is 31.7 Å². The maximum absolute atomic E-state index is 12.7. The van der Waals surface area contributed by atoms with Crippen molar-refractivity contribution in [3.05, 3.63) is 102 Å². The van der Waals surface area contributed by atoms with Gasteiger partial charge in [0, 0.05) is 42.6 Å². The molecule has 0 unspecified atom stereocenters. The van der Waals surface area contributed by atoms with Gasteiger partial charge in [0.1, 0.15) is 23.1 Å². The van der Waals surface area contributed by atoms with E-state index >= 15 is 0 Å². The molecular weight excluding hydrogens is 574 g/mol. The van der Waals surface area contributed by atoms with E-state index in [0.717, 1.165) is 62.5 Å². The fraction of sp³-hybridized carbons (Fsp3) is 0.265. The lowest BCUT2D eigenvalue weighted by atomic mass is 10.0. The number of nitrogens with one attached hydrogen (secondary N) is 1. The number of hydrogen-bond acceptors (Lipinski definition) is 8. The minimum Gasteiger partial charge on any atom is -0.497 e. The molecule has 44 heavy (non-hydrogen) atoms. The SMILES string of the molecule is CCc1ccncc1-c1cc2cc(NS(=O)(=O)C3CC3)ncc2c(N(Cc2ccc(OC)cc2)Cc2ccc(OC)cc2)n1. The van der Waals surface area contributed by atoms with E-state index in [1.165, 1.54) is 0 Å². The van der Waals surface area contributed by atoms with Gasteiger partial charge in [0.2, 0.25) is 10.0 Å². The average Bonchev–Trinajstić information content (AvgIpc) is 3.91. The zero-order valence-corrected chi connectivity index (χ0v) is 25.8. The molecule has 0 saturated heterocycles. The van der Waals surface area contributed by atoms with Crippen LogP contribution in [0.2, 0.25) is 0 Å². The van der Waals surface area contributed by atoms with Crippen LogP contribution in [-0.4, -0.2) is 42.8 Å². The lowest BCUT2D eigenvalue weighted by molar-refractivity contribution is 0.414. The topological polar surface area (TPSA) is 107 Å². The molecule has 6 rings (SSSR count). The summed E-state index contributed by atoms with van der Waals surface area (Å²) in [4.78, 5) is 16.4. The Bertz CT molecular complexity index is 1830. The third-order valence-corrected chi connectivity index (χ3v) is 9.68. The van der Waals surface area contributed by atoms with Gasteiger partial charge >= 0.3 is 0 Å². The van der Waals surface area contributed by atoms with Crippen LogP contribution in [0.15, 0.2) is 85.3 Å². The van der Waals surface area contributed by atoms with Gasteiger partial charge in [-0.15, -0.1) is 0 Å². The number of nitrogens with zero attached hydrogens (tertiary/aromatic N) is 4. The molecule has 1 aliphatic carbocycles. The van der Waals surface area contributed by atoms with Crippen molar-refractivity contribution < 1.29 is 17.9 Å². The molecular formula is C34H35N5O4S. The highest BCUT2D eigenvalue weighted by atomic mass is 32.2. The number of aromatic nitrogens is 3. The van der Waals surface area contributed by atoms with Gasteiger partial charge in [-0.25, -0.2) is 18.4 Å². The lowest BCUT2D eigenvalue weighted by Crippen LogP contribution is -2.24. The van der Waals surface area contributed by atoms with E-state index in [2.05, 4.69) is 26.5 Å². The van der Waals surface area contributed by atoms with Gasteiger partial charge in [-0.05, 0) is 83.8 Å². The van der Waals surface area contributed by atoms with E-state index in [-0.39, 0.29) is 5.25 Å². The van der Waals surface area contributed by atoms with Crippen molar-refractivity contribution in [3.8, 4) is 22.8 Å². The molecule has 1 aliphatic rings. The molecule has 1 fully saturated rings. The number of benzene rings is 2. The Hall–Kier alpha value is -4.70. The summed E-state index contributed by atoms with van der Waals surface area (Å²) in [6.45, 7) is 3.23. The Morgan fingerprint density at radius 2 is 1.52 bits per heavy atom. The van der Waals surface area contributed by atoms with Gasteiger partial charge in [-0.3, -0.25) is 9.71 Å². The molecule has 0 atom stereocenters. The molecule has 3 heterocycles. The summed E-state index contributed by atoms with van der Waals surface area (Å²) in [6, 6.07) is 21.8. The van der Waals surface area contributed by atoms with Crippen molar-refractivity contribution in [1.29, 1.82) is 0 Å². The molecule has 3 aromatic heterocycles.